The first-order valence-corrected chi connectivity index (χ1v) is 16.5. The lowest BCUT2D eigenvalue weighted by atomic mass is 9.70. The number of carbonyl (C=O) groups is 1. The van der Waals surface area contributed by atoms with Crippen LogP contribution in [0.15, 0.2) is 42.7 Å². The van der Waals surface area contributed by atoms with E-state index in [2.05, 4.69) is 29.1 Å². The van der Waals surface area contributed by atoms with Crippen LogP contribution in [0, 0.1) is 23.5 Å². The van der Waals surface area contributed by atoms with E-state index in [-0.39, 0.29) is 52.0 Å². The van der Waals surface area contributed by atoms with E-state index in [1.54, 1.807) is 18.5 Å². The van der Waals surface area contributed by atoms with Gasteiger partial charge >= 0.3 is 0 Å². The van der Waals surface area contributed by atoms with Crippen molar-refractivity contribution in [3.8, 4) is 17.0 Å². The predicted molar refractivity (Wildman–Crippen MR) is 160 cm³/mol. The molecule has 1 saturated heterocycles. The third-order valence-electron chi connectivity index (χ3n) is 9.17. The second-order valence-electron chi connectivity index (χ2n) is 11.7. The molecule has 43 heavy (non-hydrogen) atoms. The number of rotatable bonds is 7. The van der Waals surface area contributed by atoms with Crippen LogP contribution < -0.4 is 10.1 Å². The summed E-state index contributed by atoms with van der Waals surface area (Å²) in [4.78, 5) is 21.8. The molecule has 3 heterocycles. The Labute approximate surface area is 250 Å². The zero-order chi connectivity index (χ0) is 30.9. The lowest BCUT2D eigenvalue weighted by Gasteiger charge is -2.38. The molecule has 1 aliphatic heterocycles. The SMILES string of the molecule is CC[C@H]1C[C@@H](c2ccncc2NC(=O)c2ccc(F)c(-c3c(F)cc(C4CCS(=O)(=O)CC4)cc3OC)n2)C[C@@H](O)[C@H]1C. The summed E-state index contributed by atoms with van der Waals surface area (Å²) < 4.78 is 59.8. The van der Waals surface area contributed by atoms with Gasteiger partial charge in [-0.2, -0.15) is 0 Å². The molecule has 0 unspecified atom stereocenters. The molecular formula is C32H37F2N3O5S. The lowest BCUT2D eigenvalue weighted by Crippen LogP contribution is -2.34. The van der Waals surface area contributed by atoms with Crippen molar-refractivity contribution < 1.29 is 31.8 Å². The quantitative estimate of drug-likeness (QED) is 0.342. The van der Waals surface area contributed by atoms with Crippen LogP contribution in [0.1, 0.15) is 79.4 Å². The minimum atomic E-state index is -3.10. The summed E-state index contributed by atoms with van der Waals surface area (Å²) in [5.74, 6) is -1.77. The van der Waals surface area contributed by atoms with E-state index >= 15 is 8.78 Å². The summed E-state index contributed by atoms with van der Waals surface area (Å²) in [5.41, 5.74) is 1.18. The van der Waals surface area contributed by atoms with E-state index < -0.39 is 33.5 Å². The van der Waals surface area contributed by atoms with Crippen LogP contribution in [0.4, 0.5) is 14.5 Å². The number of hydrogen-bond donors (Lipinski definition) is 2. The largest absolute Gasteiger partial charge is 0.496 e. The van der Waals surface area contributed by atoms with Gasteiger partial charge in [-0.25, -0.2) is 22.2 Å². The van der Waals surface area contributed by atoms with Crippen LogP contribution in [0.3, 0.4) is 0 Å². The molecule has 0 bridgehead atoms. The number of aromatic nitrogens is 2. The summed E-state index contributed by atoms with van der Waals surface area (Å²) in [5, 5.41) is 13.5. The fourth-order valence-corrected chi connectivity index (χ4v) is 8.03. The van der Waals surface area contributed by atoms with Crippen LogP contribution in [0.25, 0.3) is 11.3 Å². The highest BCUT2D eigenvalue weighted by molar-refractivity contribution is 7.91. The Balaban J connectivity index is 1.42. The predicted octanol–water partition coefficient (Wildman–Crippen LogP) is 5.88. The number of nitrogens with one attached hydrogen (secondary N) is 1. The Morgan fingerprint density at radius 3 is 2.53 bits per heavy atom. The minimum absolute atomic E-state index is 0.0207. The van der Waals surface area contributed by atoms with Gasteiger partial charge in [-0.05, 0) is 90.8 Å². The van der Waals surface area contributed by atoms with Gasteiger partial charge in [0.2, 0.25) is 0 Å². The van der Waals surface area contributed by atoms with E-state index in [1.165, 1.54) is 19.2 Å². The number of benzene rings is 1. The van der Waals surface area contributed by atoms with Crippen molar-refractivity contribution in [2.24, 2.45) is 11.8 Å². The van der Waals surface area contributed by atoms with Crippen LogP contribution in [-0.4, -0.2) is 54.1 Å². The molecule has 0 radical (unpaired) electrons. The summed E-state index contributed by atoms with van der Waals surface area (Å²) in [6, 6.07) is 6.97. The van der Waals surface area contributed by atoms with Crippen molar-refractivity contribution >= 4 is 21.4 Å². The van der Waals surface area contributed by atoms with Crippen molar-refractivity contribution in [1.82, 2.24) is 9.97 Å². The zero-order valence-corrected chi connectivity index (χ0v) is 25.3. The van der Waals surface area contributed by atoms with E-state index in [9.17, 15) is 18.3 Å². The minimum Gasteiger partial charge on any atom is -0.496 e. The first-order valence-electron chi connectivity index (χ1n) is 14.7. The molecule has 2 aliphatic rings. The molecule has 8 nitrogen and oxygen atoms in total. The maximum absolute atomic E-state index is 15.6. The van der Waals surface area contributed by atoms with Crippen molar-refractivity contribution in [3.05, 3.63) is 71.2 Å². The van der Waals surface area contributed by atoms with Gasteiger partial charge in [0.1, 0.15) is 38.6 Å². The average Bonchev–Trinajstić information content (AvgIpc) is 2.98. The van der Waals surface area contributed by atoms with Crippen molar-refractivity contribution in [1.29, 1.82) is 0 Å². The monoisotopic (exact) mass is 613 g/mol. The number of anilines is 1. The number of carbonyl (C=O) groups excluding carboxylic acids is 1. The summed E-state index contributed by atoms with van der Waals surface area (Å²) in [7, 11) is -1.77. The molecule has 2 N–H and O–H groups in total. The third kappa shape index (κ3) is 6.57. The smallest absolute Gasteiger partial charge is 0.274 e. The number of halogens is 2. The number of sulfone groups is 1. The highest BCUT2D eigenvalue weighted by atomic mass is 32.2. The third-order valence-corrected chi connectivity index (χ3v) is 10.9. The molecule has 1 aliphatic carbocycles. The lowest BCUT2D eigenvalue weighted by molar-refractivity contribution is 0.0311. The maximum Gasteiger partial charge on any atom is 0.274 e. The van der Waals surface area contributed by atoms with E-state index in [0.29, 0.717) is 36.4 Å². The summed E-state index contributed by atoms with van der Waals surface area (Å²) >= 11 is 0. The Bertz CT molecular complexity index is 1600. The van der Waals surface area contributed by atoms with Crippen LogP contribution in [0.5, 0.6) is 5.75 Å². The Hall–Kier alpha value is -3.44. The van der Waals surface area contributed by atoms with E-state index in [4.69, 9.17) is 4.74 Å². The first-order chi connectivity index (χ1) is 20.5. The molecule has 1 aromatic carbocycles. The van der Waals surface area contributed by atoms with Crippen molar-refractivity contribution in [2.75, 3.05) is 23.9 Å². The van der Waals surface area contributed by atoms with Gasteiger partial charge < -0.3 is 15.2 Å². The fourth-order valence-electron chi connectivity index (χ4n) is 6.54. The number of nitrogens with zero attached hydrogens (tertiary/aromatic N) is 2. The fraction of sp³-hybridized carbons (Fsp3) is 0.469. The average molecular weight is 614 g/mol. The zero-order valence-electron chi connectivity index (χ0n) is 24.5. The highest BCUT2D eigenvalue weighted by Crippen LogP contribution is 2.43. The molecule has 2 fully saturated rings. The highest BCUT2D eigenvalue weighted by Gasteiger charge is 2.35. The molecule has 0 spiro atoms. The van der Waals surface area contributed by atoms with E-state index in [0.717, 1.165) is 24.5 Å². The number of amides is 1. The molecule has 1 saturated carbocycles. The standard InChI is InChI=1S/C32H37F2N3O5S/c1-4-19-13-22(15-28(38)18(19)2)23-7-10-35-17-27(23)37-32(39)26-6-5-24(33)31(36-26)30-25(34)14-21(16-29(30)42-3)20-8-11-43(40,41)12-9-20/h5-7,10,14,16-20,22,28,38H,4,8-9,11-13,15H2,1-3H3,(H,37,39)/t18-,19-,22+,28+/m0/s1. The second-order valence-corrected chi connectivity index (χ2v) is 14.0. The molecule has 3 aromatic rings. The Morgan fingerprint density at radius 2 is 1.84 bits per heavy atom. The maximum atomic E-state index is 15.6. The van der Waals surface area contributed by atoms with E-state index in [1.807, 2.05) is 6.07 Å². The van der Waals surface area contributed by atoms with Gasteiger partial charge in [0.05, 0.1) is 42.2 Å². The number of methoxy groups -OCH3 is 1. The van der Waals surface area contributed by atoms with Gasteiger partial charge in [-0.1, -0.05) is 20.3 Å². The van der Waals surface area contributed by atoms with Gasteiger partial charge in [0.25, 0.3) is 5.91 Å². The second kappa shape index (κ2) is 12.7. The summed E-state index contributed by atoms with van der Waals surface area (Å²) in [6.45, 7) is 4.17. The number of ether oxygens (including phenoxy) is 1. The molecule has 1 amide bonds. The van der Waals surface area contributed by atoms with Gasteiger partial charge in [-0.3, -0.25) is 9.78 Å². The van der Waals surface area contributed by atoms with Gasteiger partial charge in [0.15, 0.2) is 0 Å². The molecule has 5 rings (SSSR count). The van der Waals surface area contributed by atoms with Gasteiger partial charge in [-0.15, -0.1) is 0 Å². The van der Waals surface area contributed by atoms with Crippen LogP contribution in [-0.2, 0) is 9.84 Å². The Morgan fingerprint density at radius 1 is 1.09 bits per heavy atom. The first kappa shape index (κ1) is 31.0. The molecule has 11 heteroatoms. The molecule has 230 valence electrons. The molecule has 2 aromatic heterocycles. The number of pyridine rings is 2. The number of aliphatic hydroxyl groups is 1. The van der Waals surface area contributed by atoms with Crippen molar-refractivity contribution in [3.63, 3.8) is 0 Å². The van der Waals surface area contributed by atoms with Crippen molar-refractivity contribution in [2.45, 2.75) is 63.9 Å². The van der Waals surface area contributed by atoms with Gasteiger partial charge in [0, 0.05) is 6.20 Å². The molecular weight excluding hydrogens is 576 g/mol. The van der Waals surface area contributed by atoms with Crippen LogP contribution in [0.2, 0.25) is 0 Å². The molecule has 4 atom stereocenters. The Kier molecular flexibility index (Phi) is 9.12. The number of aliphatic hydroxyl groups excluding tert-OH is 1. The normalized spacial score (nSPS) is 24.0. The topological polar surface area (TPSA) is 118 Å². The van der Waals surface area contributed by atoms with Crippen LogP contribution >= 0.6 is 0 Å². The summed E-state index contributed by atoms with van der Waals surface area (Å²) in [6.07, 6.45) is 5.83. The number of hydrogen-bond acceptors (Lipinski definition) is 7.